The van der Waals surface area contributed by atoms with Gasteiger partial charge in [-0.1, -0.05) is 60.7 Å². The number of hydrogen-bond acceptors (Lipinski definition) is 7. The predicted molar refractivity (Wildman–Crippen MR) is 178 cm³/mol. The lowest BCUT2D eigenvalue weighted by Crippen LogP contribution is -2.58. The van der Waals surface area contributed by atoms with Crippen LogP contribution in [0.25, 0.3) is 10.9 Å². The van der Waals surface area contributed by atoms with E-state index in [2.05, 4.69) is 30.9 Å². The Morgan fingerprint density at radius 3 is 1.96 bits per heavy atom. The normalized spacial score (nSPS) is 13.6. The zero-order chi connectivity index (χ0) is 34.0. The first-order valence-electron chi connectivity index (χ1n) is 15.4. The summed E-state index contributed by atoms with van der Waals surface area (Å²) in [7, 11) is 0. The number of fused-ring (bicyclic) bond motifs is 1. The molecule has 0 aliphatic carbocycles. The molecular weight excluding hydrogens is 614 g/mol. The summed E-state index contributed by atoms with van der Waals surface area (Å²) in [6.45, 7) is 0. The lowest BCUT2D eigenvalue weighted by atomic mass is 10.0. The molecule has 0 radical (unpaired) electrons. The Hall–Kier alpha value is -5.95. The Labute approximate surface area is 276 Å². The highest BCUT2D eigenvalue weighted by Gasteiger charge is 2.31. The summed E-state index contributed by atoms with van der Waals surface area (Å²) >= 11 is 0. The average Bonchev–Trinajstić information content (AvgIpc) is 3.75. The van der Waals surface area contributed by atoms with Crippen LogP contribution in [0.3, 0.4) is 0 Å². The third-order valence-electron chi connectivity index (χ3n) is 7.97. The first kappa shape index (κ1) is 33.4. The number of hydrogen-bond donors (Lipinski definition) is 8. The minimum atomic E-state index is -1.31. The molecule has 9 N–H and O–H groups in total. The van der Waals surface area contributed by atoms with Crippen LogP contribution < -0.4 is 21.7 Å². The number of H-pyrrole nitrogens is 2. The number of carbonyl (C=O) groups is 4. The van der Waals surface area contributed by atoms with E-state index in [0.717, 1.165) is 16.5 Å². The van der Waals surface area contributed by atoms with Gasteiger partial charge in [-0.05, 0) is 34.9 Å². The fourth-order valence-corrected chi connectivity index (χ4v) is 5.41. The zero-order valence-electron chi connectivity index (χ0n) is 25.9. The fraction of sp³-hybridized carbons (Fsp3) is 0.229. The Morgan fingerprint density at radius 1 is 0.708 bits per heavy atom. The maximum absolute atomic E-state index is 13.9. The topological polar surface area (TPSA) is 215 Å². The van der Waals surface area contributed by atoms with Crippen molar-refractivity contribution in [3.05, 3.63) is 120 Å². The number of phenolic OH excluding ortho intramolecular Hbond substituents is 1. The molecule has 2 heterocycles. The smallest absolute Gasteiger partial charge is 0.326 e. The van der Waals surface area contributed by atoms with Crippen molar-refractivity contribution in [3.63, 3.8) is 0 Å². The highest BCUT2D eigenvalue weighted by atomic mass is 16.4. The monoisotopic (exact) mass is 651 g/mol. The van der Waals surface area contributed by atoms with Gasteiger partial charge in [-0.3, -0.25) is 14.4 Å². The second-order valence-electron chi connectivity index (χ2n) is 11.5. The number of carboxylic acids is 1. The maximum Gasteiger partial charge on any atom is 0.326 e. The van der Waals surface area contributed by atoms with Gasteiger partial charge in [-0.25, -0.2) is 9.78 Å². The number of nitrogens with zero attached hydrogens (tertiary/aromatic N) is 1. The Bertz CT molecular complexity index is 1840. The second kappa shape index (κ2) is 15.6. The lowest BCUT2D eigenvalue weighted by Gasteiger charge is -2.25. The Morgan fingerprint density at radius 2 is 1.31 bits per heavy atom. The molecule has 4 unspecified atom stereocenters. The molecule has 13 heteroatoms. The van der Waals surface area contributed by atoms with Crippen molar-refractivity contribution in [1.82, 2.24) is 30.9 Å². The van der Waals surface area contributed by atoms with Crippen LogP contribution in [-0.2, 0) is 44.9 Å². The number of amides is 3. The van der Waals surface area contributed by atoms with Gasteiger partial charge in [0.2, 0.25) is 17.7 Å². The van der Waals surface area contributed by atoms with E-state index in [9.17, 15) is 29.4 Å². The molecule has 3 amide bonds. The third-order valence-corrected chi connectivity index (χ3v) is 7.97. The van der Waals surface area contributed by atoms with Gasteiger partial charge in [0, 0.05) is 54.7 Å². The van der Waals surface area contributed by atoms with Crippen LogP contribution in [0.15, 0.2) is 97.6 Å². The van der Waals surface area contributed by atoms with Crippen LogP contribution in [-0.4, -0.2) is 73.0 Å². The van der Waals surface area contributed by atoms with Crippen molar-refractivity contribution in [2.75, 3.05) is 0 Å². The van der Waals surface area contributed by atoms with Crippen LogP contribution in [0, 0.1) is 0 Å². The average molecular weight is 652 g/mol. The van der Waals surface area contributed by atoms with Gasteiger partial charge in [0.1, 0.15) is 23.9 Å². The molecule has 5 rings (SSSR count). The summed E-state index contributed by atoms with van der Waals surface area (Å²) < 4.78 is 0. The van der Waals surface area contributed by atoms with Crippen LogP contribution in [0.2, 0.25) is 0 Å². The number of aromatic nitrogens is 3. The molecule has 0 saturated carbocycles. The first-order chi connectivity index (χ1) is 23.2. The minimum Gasteiger partial charge on any atom is -0.508 e. The number of nitrogens with one attached hydrogen (secondary N) is 5. The molecule has 4 atom stereocenters. The van der Waals surface area contributed by atoms with E-state index in [1.54, 1.807) is 48.8 Å². The van der Waals surface area contributed by atoms with E-state index < -0.39 is 47.9 Å². The van der Waals surface area contributed by atoms with Gasteiger partial charge in [0.05, 0.1) is 12.4 Å². The summed E-state index contributed by atoms with van der Waals surface area (Å²) in [5, 5.41) is 28.7. The van der Waals surface area contributed by atoms with Crippen molar-refractivity contribution in [1.29, 1.82) is 0 Å². The van der Waals surface area contributed by atoms with Crippen LogP contribution in [0.5, 0.6) is 5.75 Å². The Kier molecular flexibility index (Phi) is 10.8. The van der Waals surface area contributed by atoms with Gasteiger partial charge in [0.15, 0.2) is 0 Å². The standard InChI is InChI=1S/C35H37N7O6/c36-27(17-24-19-37-20-39-24)32(44)40-29(14-21-6-2-1-3-7-21)33(45)41-30(15-22-10-12-25(43)13-11-22)34(46)42-31(35(47)48)16-23-18-38-28-9-5-4-8-26(23)28/h1-13,18-20,27,29-31,38,43H,14-17,36H2,(H,37,39)(H,40,44)(H,41,45)(H,42,46)(H,47,48). The van der Waals surface area contributed by atoms with Crippen molar-refractivity contribution in [3.8, 4) is 5.75 Å². The van der Waals surface area contributed by atoms with E-state index in [4.69, 9.17) is 5.73 Å². The van der Waals surface area contributed by atoms with E-state index >= 15 is 0 Å². The fourth-order valence-electron chi connectivity index (χ4n) is 5.41. The van der Waals surface area contributed by atoms with Gasteiger partial charge < -0.3 is 41.9 Å². The molecule has 0 saturated heterocycles. The molecule has 248 valence electrons. The highest BCUT2D eigenvalue weighted by molar-refractivity contribution is 5.94. The number of carboxylic acid groups (broad SMARTS) is 1. The van der Waals surface area contributed by atoms with Gasteiger partial charge in [-0.2, -0.15) is 0 Å². The summed E-state index contributed by atoms with van der Waals surface area (Å²) in [5.74, 6) is -3.20. The summed E-state index contributed by atoms with van der Waals surface area (Å²) in [6.07, 6.45) is 4.95. The molecule has 0 spiro atoms. The summed E-state index contributed by atoms with van der Waals surface area (Å²) in [5.41, 5.74) is 9.69. The van der Waals surface area contributed by atoms with E-state index in [1.165, 1.54) is 18.5 Å². The quantitative estimate of drug-likeness (QED) is 0.0832. The number of phenols is 1. The number of aromatic amines is 2. The molecule has 2 aromatic heterocycles. The minimum absolute atomic E-state index is 0.00806. The van der Waals surface area contributed by atoms with Gasteiger partial charge in [-0.15, -0.1) is 0 Å². The van der Waals surface area contributed by atoms with E-state index in [-0.39, 0.29) is 31.4 Å². The third kappa shape index (κ3) is 8.85. The van der Waals surface area contributed by atoms with Crippen molar-refractivity contribution < 1.29 is 29.4 Å². The van der Waals surface area contributed by atoms with Gasteiger partial charge in [0.25, 0.3) is 0 Å². The molecule has 0 bridgehead atoms. The number of rotatable bonds is 15. The molecule has 0 fully saturated rings. The summed E-state index contributed by atoms with van der Waals surface area (Å²) in [6, 6.07) is 17.9. The molecule has 3 aromatic carbocycles. The van der Waals surface area contributed by atoms with Crippen LogP contribution in [0.4, 0.5) is 0 Å². The molecule has 5 aromatic rings. The molecule has 0 aliphatic heterocycles. The van der Waals surface area contributed by atoms with Crippen LogP contribution >= 0.6 is 0 Å². The predicted octanol–water partition coefficient (Wildman–Crippen LogP) is 1.73. The van der Waals surface area contributed by atoms with E-state index in [0.29, 0.717) is 16.8 Å². The molecular formula is C35H37N7O6. The lowest BCUT2D eigenvalue weighted by molar-refractivity contribution is -0.142. The number of para-hydroxylation sites is 1. The number of aromatic hydroxyl groups is 1. The SMILES string of the molecule is NC(Cc1cnc[nH]1)C(=O)NC(Cc1ccccc1)C(=O)NC(Cc1ccc(O)cc1)C(=O)NC(Cc1c[nH]c2ccccc12)C(=O)O. The summed E-state index contributed by atoms with van der Waals surface area (Å²) in [4.78, 5) is 63.1. The molecule has 48 heavy (non-hydrogen) atoms. The Balaban J connectivity index is 1.36. The van der Waals surface area contributed by atoms with Gasteiger partial charge >= 0.3 is 5.97 Å². The number of carbonyl (C=O) groups excluding carboxylic acids is 3. The largest absolute Gasteiger partial charge is 0.508 e. The molecule has 13 nitrogen and oxygen atoms in total. The number of nitrogens with two attached hydrogens (primary N) is 1. The second-order valence-corrected chi connectivity index (χ2v) is 11.5. The number of imidazole rings is 1. The van der Waals surface area contributed by atoms with Crippen LogP contribution in [0.1, 0.15) is 22.4 Å². The first-order valence-corrected chi connectivity index (χ1v) is 15.4. The zero-order valence-corrected chi connectivity index (χ0v) is 25.9. The van der Waals surface area contributed by atoms with E-state index in [1.807, 2.05) is 30.3 Å². The number of aliphatic carboxylic acids is 1. The van der Waals surface area contributed by atoms with Crippen molar-refractivity contribution in [2.24, 2.45) is 5.73 Å². The van der Waals surface area contributed by atoms with Crippen molar-refractivity contribution >= 4 is 34.6 Å². The molecule has 0 aliphatic rings. The highest BCUT2D eigenvalue weighted by Crippen LogP contribution is 2.19. The maximum atomic E-state index is 13.9. The van der Waals surface area contributed by atoms with Crippen molar-refractivity contribution in [2.45, 2.75) is 49.9 Å². The number of benzene rings is 3.